The second-order valence-electron chi connectivity index (χ2n) is 5.95. The minimum Gasteiger partial charge on any atom is -0.387 e. The summed E-state index contributed by atoms with van der Waals surface area (Å²) in [6.07, 6.45) is 14.5. The first kappa shape index (κ1) is 16.0. The maximum atomic E-state index is 10.6. The van der Waals surface area contributed by atoms with Crippen LogP contribution >= 0.6 is 0 Å². The van der Waals surface area contributed by atoms with Gasteiger partial charge in [0, 0.05) is 7.11 Å². The van der Waals surface area contributed by atoms with Crippen LogP contribution in [0, 0.1) is 0 Å². The lowest BCUT2D eigenvalue weighted by Crippen LogP contribution is -2.45. The van der Waals surface area contributed by atoms with Gasteiger partial charge in [-0.05, 0) is 19.3 Å². The molecule has 0 amide bonds. The maximum absolute atomic E-state index is 10.6. The van der Waals surface area contributed by atoms with E-state index < -0.39 is 5.60 Å². The minimum atomic E-state index is -0.531. The van der Waals surface area contributed by atoms with Crippen LogP contribution in [0.2, 0.25) is 0 Å². The summed E-state index contributed by atoms with van der Waals surface area (Å²) in [7, 11) is 1.74. The molecule has 1 N–H and O–H groups in total. The van der Waals surface area contributed by atoms with Gasteiger partial charge in [-0.15, -0.1) is 0 Å². The average molecular weight is 256 g/mol. The molecule has 1 saturated carbocycles. The topological polar surface area (TPSA) is 29.5 Å². The molecule has 0 spiro atoms. The van der Waals surface area contributed by atoms with E-state index in [1.165, 1.54) is 44.9 Å². The third-order valence-corrected chi connectivity index (χ3v) is 4.42. The molecule has 0 radical (unpaired) electrons. The van der Waals surface area contributed by atoms with Crippen molar-refractivity contribution >= 4 is 0 Å². The predicted molar refractivity (Wildman–Crippen MR) is 76.8 cm³/mol. The first-order valence-corrected chi connectivity index (χ1v) is 7.98. The maximum Gasteiger partial charge on any atom is 0.0908 e. The Bertz CT molecular complexity index is 205. The van der Waals surface area contributed by atoms with Crippen molar-refractivity contribution in [3.05, 3.63) is 0 Å². The summed E-state index contributed by atoms with van der Waals surface area (Å²) in [6.45, 7) is 2.25. The molecule has 1 aliphatic carbocycles. The first-order chi connectivity index (χ1) is 8.73. The van der Waals surface area contributed by atoms with E-state index in [-0.39, 0.29) is 6.10 Å². The van der Waals surface area contributed by atoms with Gasteiger partial charge in [-0.2, -0.15) is 0 Å². The Morgan fingerprint density at radius 3 is 2.39 bits per heavy atom. The molecule has 1 aliphatic rings. The molecule has 0 aromatic rings. The predicted octanol–water partition coefficient (Wildman–Crippen LogP) is 4.45. The van der Waals surface area contributed by atoms with Gasteiger partial charge in [0.25, 0.3) is 0 Å². The van der Waals surface area contributed by atoms with Crippen molar-refractivity contribution in [3.63, 3.8) is 0 Å². The van der Waals surface area contributed by atoms with E-state index in [1.54, 1.807) is 7.11 Å². The Morgan fingerprint density at radius 1 is 1.06 bits per heavy atom. The van der Waals surface area contributed by atoms with Gasteiger partial charge < -0.3 is 9.84 Å². The smallest absolute Gasteiger partial charge is 0.0908 e. The third-order valence-electron chi connectivity index (χ3n) is 4.42. The van der Waals surface area contributed by atoms with E-state index in [9.17, 15) is 5.11 Å². The lowest BCUT2D eigenvalue weighted by molar-refractivity contribution is -0.121. The molecule has 2 unspecified atom stereocenters. The summed E-state index contributed by atoms with van der Waals surface area (Å²) in [4.78, 5) is 0. The van der Waals surface area contributed by atoms with E-state index in [1.807, 2.05) is 0 Å². The summed E-state index contributed by atoms with van der Waals surface area (Å²) in [5.41, 5.74) is -0.531. The van der Waals surface area contributed by atoms with Crippen molar-refractivity contribution in [1.29, 1.82) is 0 Å². The standard InChI is InChI=1S/C16H32O2/c1-3-4-5-6-7-8-10-13-16(17)14-11-9-12-15(16)18-2/h15,17H,3-14H2,1-2H3. The molecule has 0 aliphatic heterocycles. The quantitative estimate of drug-likeness (QED) is 0.618. The van der Waals surface area contributed by atoms with Gasteiger partial charge in [0.15, 0.2) is 0 Å². The van der Waals surface area contributed by atoms with E-state index in [2.05, 4.69) is 6.92 Å². The van der Waals surface area contributed by atoms with Crippen LogP contribution in [0.15, 0.2) is 0 Å². The number of hydrogen-bond acceptors (Lipinski definition) is 2. The highest BCUT2D eigenvalue weighted by Crippen LogP contribution is 2.34. The zero-order chi connectivity index (χ0) is 13.3. The molecule has 2 atom stereocenters. The van der Waals surface area contributed by atoms with Crippen LogP contribution in [0.1, 0.15) is 84.0 Å². The van der Waals surface area contributed by atoms with E-state index in [0.717, 1.165) is 32.1 Å². The summed E-state index contributed by atoms with van der Waals surface area (Å²) < 4.78 is 5.47. The Labute approximate surface area is 113 Å². The minimum absolute atomic E-state index is 0.0753. The summed E-state index contributed by atoms with van der Waals surface area (Å²) >= 11 is 0. The van der Waals surface area contributed by atoms with Crippen molar-refractivity contribution in [2.75, 3.05) is 7.11 Å². The number of unbranched alkanes of at least 4 members (excludes halogenated alkanes) is 6. The molecule has 18 heavy (non-hydrogen) atoms. The molecule has 0 heterocycles. The number of hydrogen-bond donors (Lipinski definition) is 1. The number of aliphatic hydroxyl groups is 1. The fourth-order valence-electron chi connectivity index (χ4n) is 3.20. The molecule has 2 heteroatoms. The molecule has 0 aromatic carbocycles. The Balaban J connectivity index is 2.12. The molecule has 0 saturated heterocycles. The molecule has 0 bridgehead atoms. The second kappa shape index (κ2) is 8.92. The molecule has 1 rings (SSSR count). The van der Waals surface area contributed by atoms with Crippen LogP contribution in [0.3, 0.4) is 0 Å². The van der Waals surface area contributed by atoms with Crippen molar-refractivity contribution in [3.8, 4) is 0 Å². The van der Waals surface area contributed by atoms with Crippen LogP contribution in [0.4, 0.5) is 0 Å². The number of ether oxygens (including phenoxy) is 1. The fraction of sp³-hybridized carbons (Fsp3) is 1.00. The van der Waals surface area contributed by atoms with Gasteiger partial charge in [-0.1, -0.05) is 64.7 Å². The van der Waals surface area contributed by atoms with Crippen LogP contribution < -0.4 is 0 Å². The number of rotatable bonds is 9. The Hall–Kier alpha value is -0.0800. The average Bonchev–Trinajstić information content (AvgIpc) is 2.38. The first-order valence-electron chi connectivity index (χ1n) is 7.98. The van der Waals surface area contributed by atoms with Crippen molar-refractivity contribution in [2.24, 2.45) is 0 Å². The van der Waals surface area contributed by atoms with E-state index in [0.29, 0.717) is 0 Å². The Kier molecular flexibility index (Phi) is 7.92. The Morgan fingerprint density at radius 2 is 1.72 bits per heavy atom. The molecule has 1 fully saturated rings. The van der Waals surface area contributed by atoms with Gasteiger partial charge in [-0.3, -0.25) is 0 Å². The summed E-state index contributed by atoms with van der Waals surface area (Å²) in [5, 5.41) is 10.6. The van der Waals surface area contributed by atoms with Gasteiger partial charge in [0.1, 0.15) is 0 Å². The van der Waals surface area contributed by atoms with E-state index >= 15 is 0 Å². The van der Waals surface area contributed by atoms with Crippen LogP contribution in [-0.2, 0) is 4.74 Å². The molecule has 108 valence electrons. The van der Waals surface area contributed by atoms with Crippen LogP contribution in [-0.4, -0.2) is 23.9 Å². The summed E-state index contributed by atoms with van der Waals surface area (Å²) in [5.74, 6) is 0. The zero-order valence-electron chi connectivity index (χ0n) is 12.4. The van der Waals surface area contributed by atoms with Crippen molar-refractivity contribution in [1.82, 2.24) is 0 Å². The number of methoxy groups -OCH3 is 1. The molecule has 2 nitrogen and oxygen atoms in total. The molecular weight excluding hydrogens is 224 g/mol. The van der Waals surface area contributed by atoms with Crippen LogP contribution in [0.5, 0.6) is 0 Å². The molecular formula is C16H32O2. The normalized spacial score (nSPS) is 28.5. The lowest BCUT2D eigenvalue weighted by atomic mass is 9.78. The fourth-order valence-corrected chi connectivity index (χ4v) is 3.20. The van der Waals surface area contributed by atoms with Crippen molar-refractivity contribution in [2.45, 2.75) is 95.7 Å². The highest BCUT2D eigenvalue weighted by atomic mass is 16.5. The van der Waals surface area contributed by atoms with Gasteiger partial charge in [0.05, 0.1) is 11.7 Å². The largest absolute Gasteiger partial charge is 0.387 e. The second-order valence-corrected chi connectivity index (χ2v) is 5.95. The summed E-state index contributed by atoms with van der Waals surface area (Å²) in [6, 6.07) is 0. The van der Waals surface area contributed by atoms with E-state index in [4.69, 9.17) is 4.74 Å². The van der Waals surface area contributed by atoms with Gasteiger partial charge >= 0.3 is 0 Å². The lowest BCUT2D eigenvalue weighted by Gasteiger charge is -2.39. The monoisotopic (exact) mass is 256 g/mol. The van der Waals surface area contributed by atoms with Crippen LogP contribution in [0.25, 0.3) is 0 Å². The highest BCUT2D eigenvalue weighted by Gasteiger charge is 2.38. The van der Waals surface area contributed by atoms with Gasteiger partial charge in [0.2, 0.25) is 0 Å². The van der Waals surface area contributed by atoms with Crippen molar-refractivity contribution < 1.29 is 9.84 Å². The zero-order valence-corrected chi connectivity index (χ0v) is 12.4. The SMILES string of the molecule is CCCCCCCCCC1(O)CCCCC1OC. The highest BCUT2D eigenvalue weighted by molar-refractivity contribution is 4.90. The third kappa shape index (κ3) is 5.27. The molecule has 0 aromatic heterocycles. The van der Waals surface area contributed by atoms with Gasteiger partial charge in [-0.25, -0.2) is 0 Å².